The second-order valence-electron chi connectivity index (χ2n) is 3.61. The minimum Gasteiger partial charge on any atom is -0.339 e. The van der Waals surface area contributed by atoms with Crippen LogP contribution in [0.5, 0.6) is 0 Å². The number of aromatic nitrogens is 2. The highest BCUT2D eigenvalue weighted by Crippen LogP contribution is 2.23. The summed E-state index contributed by atoms with van der Waals surface area (Å²) in [7, 11) is 0. The number of H-pyrrole nitrogens is 1. The van der Waals surface area contributed by atoms with Crippen molar-refractivity contribution in [3.05, 3.63) is 35.9 Å². The van der Waals surface area contributed by atoms with Gasteiger partial charge in [-0.2, -0.15) is 10.4 Å². The molecule has 0 aliphatic rings. The second kappa shape index (κ2) is 5.01. The molecule has 18 heavy (non-hydrogen) atoms. The lowest BCUT2D eigenvalue weighted by molar-refractivity contribution is -0.114. The monoisotopic (exact) mass is 241 g/mol. The van der Waals surface area contributed by atoms with Crippen LogP contribution in [-0.4, -0.2) is 16.1 Å². The predicted octanol–water partition coefficient (Wildman–Crippen LogP) is 1.98. The van der Waals surface area contributed by atoms with Crippen molar-refractivity contribution in [2.75, 3.05) is 10.6 Å². The number of para-hydroxylation sites is 1. The molecule has 0 aliphatic heterocycles. The number of aromatic amines is 1. The third-order valence-electron chi connectivity index (χ3n) is 2.22. The van der Waals surface area contributed by atoms with Crippen LogP contribution >= 0.6 is 0 Å². The minimum atomic E-state index is -0.274. The van der Waals surface area contributed by atoms with Crippen molar-refractivity contribution in [2.45, 2.75) is 6.92 Å². The molecule has 0 spiro atoms. The molecule has 3 N–H and O–H groups in total. The molecule has 1 aromatic carbocycles. The summed E-state index contributed by atoms with van der Waals surface area (Å²) in [5, 5.41) is 21.2. The Labute approximate surface area is 104 Å². The average molecular weight is 241 g/mol. The van der Waals surface area contributed by atoms with Gasteiger partial charge in [0.1, 0.15) is 17.5 Å². The van der Waals surface area contributed by atoms with Gasteiger partial charge in [-0.05, 0) is 12.1 Å². The molecule has 0 radical (unpaired) electrons. The number of rotatable bonds is 3. The number of benzene rings is 1. The highest BCUT2D eigenvalue weighted by atomic mass is 16.1. The molecule has 1 heterocycles. The number of carbonyl (C=O) groups is 1. The van der Waals surface area contributed by atoms with Crippen LogP contribution in [0.25, 0.3) is 0 Å². The molecule has 90 valence electrons. The van der Waals surface area contributed by atoms with Crippen LogP contribution in [0.2, 0.25) is 0 Å². The van der Waals surface area contributed by atoms with Gasteiger partial charge in [-0.1, -0.05) is 18.2 Å². The lowest BCUT2D eigenvalue weighted by atomic mass is 10.3. The summed E-state index contributed by atoms with van der Waals surface area (Å²) in [5.74, 6) is 0.403. The third-order valence-corrected chi connectivity index (χ3v) is 2.22. The molecule has 1 aromatic heterocycles. The van der Waals surface area contributed by atoms with E-state index in [0.29, 0.717) is 5.82 Å². The maximum Gasteiger partial charge on any atom is 0.222 e. The normalized spacial score (nSPS) is 9.56. The Balaban J connectivity index is 2.27. The highest BCUT2D eigenvalue weighted by molar-refractivity contribution is 5.90. The SMILES string of the molecule is CC(=O)Nc1n[nH]c(Nc2ccccc2)c1C#N. The van der Waals surface area contributed by atoms with E-state index in [0.717, 1.165) is 5.69 Å². The summed E-state index contributed by atoms with van der Waals surface area (Å²) in [5.41, 5.74) is 1.10. The molecule has 0 bridgehead atoms. The zero-order valence-electron chi connectivity index (χ0n) is 9.69. The van der Waals surface area contributed by atoms with Crippen molar-refractivity contribution < 1.29 is 4.79 Å². The van der Waals surface area contributed by atoms with Gasteiger partial charge >= 0.3 is 0 Å². The zero-order chi connectivity index (χ0) is 13.0. The van der Waals surface area contributed by atoms with Gasteiger partial charge in [-0.3, -0.25) is 9.89 Å². The molecule has 2 aromatic rings. The summed E-state index contributed by atoms with van der Waals surface area (Å²) in [6.07, 6.45) is 0. The predicted molar refractivity (Wildman–Crippen MR) is 67.3 cm³/mol. The molecule has 6 nitrogen and oxygen atoms in total. The van der Waals surface area contributed by atoms with Gasteiger partial charge in [0.05, 0.1) is 0 Å². The number of hydrogen-bond donors (Lipinski definition) is 3. The first-order valence-corrected chi connectivity index (χ1v) is 5.29. The van der Waals surface area contributed by atoms with Crippen molar-refractivity contribution in [1.82, 2.24) is 10.2 Å². The summed E-state index contributed by atoms with van der Waals surface area (Å²) < 4.78 is 0. The lowest BCUT2D eigenvalue weighted by Gasteiger charge is -2.03. The van der Waals surface area contributed by atoms with Crippen LogP contribution in [-0.2, 0) is 4.79 Å². The van der Waals surface area contributed by atoms with E-state index in [1.165, 1.54) is 6.92 Å². The smallest absolute Gasteiger partial charge is 0.222 e. The number of hydrogen-bond acceptors (Lipinski definition) is 4. The van der Waals surface area contributed by atoms with Crippen molar-refractivity contribution in [2.24, 2.45) is 0 Å². The van der Waals surface area contributed by atoms with Crippen LogP contribution in [0.3, 0.4) is 0 Å². The van der Waals surface area contributed by atoms with Gasteiger partial charge in [-0.15, -0.1) is 0 Å². The van der Waals surface area contributed by atoms with Crippen LogP contribution in [0.4, 0.5) is 17.3 Å². The molecule has 0 saturated carbocycles. The van der Waals surface area contributed by atoms with Crippen LogP contribution in [0.15, 0.2) is 30.3 Å². The maximum absolute atomic E-state index is 11.0. The van der Waals surface area contributed by atoms with Crippen LogP contribution < -0.4 is 10.6 Å². The number of amides is 1. The van der Waals surface area contributed by atoms with E-state index in [2.05, 4.69) is 20.8 Å². The number of nitrogens with one attached hydrogen (secondary N) is 3. The molecule has 6 heteroatoms. The number of nitriles is 1. The van der Waals surface area contributed by atoms with E-state index in [-0.39, 0.29) is 17.3 Å². The molecule has 2 rings (SSSR count). The fourth-order valence-corrected chi connectivity index (χ4v) is 1.46. The largest absolute Gasteiger partial charge is 0.339 e. The molecule has 0 aliphatic carbocycles. The molecule has 1 amide bonds. The molecular weight excluding hydrogens is 230 g/mol. The Kier molecular flexibility index (Phi) is 3.25. The number of nitrogens with zero attached hydrogens (tertiary/aromatic N) is 2. The Morgan fingerprint density at radius 3 is 2.72 bits per heavy atom. The van der Waals surface area contributed by atoms with E-state index in [4.69, 9.17) is 5.26 Å². The first-order chi connectivity index (χ1) is 8.70. The fourth-order valence-electron chi connectivity index (χ4n) is 1.46. The molecule has 0 fully saturated rings. The lowest BCUT2D eigenvalue weighted by Crippen LogP contribution is -2.07. The number of anilines is 3. The molecule has 0 saturated heterocycles. The van der Waals surface area contributed by atoms with Gasteiger partial charge in [0.2, 0.25) is 5.91 Å². The highest BCUT2D eigenvalue weighted by Gasteiger charge is 2.13. The van der Waals surface area contributed by atoms with Crippen molar-refractivity contribution in [1.29, 1.82) is 5.26 Å². The Morgan fingerprint density at radius 2 is 2.11 bits per heavy atom. The average Bonchev–Trinajstić information content (AvgIpc) is 2.72. The van der Waals surface area contributed by atoms with E-state index < -0.39 is 0 Å². The van der Waals surface area contributed by atoms with E-state index in [1.807, 2.05) is 36.4 Å². The second-order valence-corrected chi connectivity index (χ2v) is 3.61. The summed E-state index contributed by atoms with van der Waals surface area (Å²) >= 11 is 0. The van der Waals surface area contributed by atoms with E-state index in [9.17, 15) is 4.79 Å². The summed E-state index contributed by atoms with van der Waals surface area (Å²) in [4.78, 5) is 11.0. The Hall–Kier alpha value is -2.81. The first kappa shape index (κ1) is 11.7. The van der Waals surface area contributed by atoms with Crippen LogP contribution in [0.1, 0.15) is 12.5 Å². The van der Waals surface area contributed by atoms with Crippen LogP contribution in [0, 0.1) is 11.3 Å². The number of carbonyl (C=O) groups excluding carboxylic acids is 1. The standard InChI is InChI=1S/C12H11N5O/c1-8(18)14-11-10(7-13)12(17-16-11)15-9-5-3-2-4-6-9/h2-6H,1H3,(H3,14,15,16,17,18). The van der Waals surface area contributed by atoms with Gasteiger partial charge < -0.3 is 10.6 Å². The van der Waals surface area contributed by atoms with E-state index >= 15 is 0 Å². The van der Waals surface area contributed by atoms with Gasteiger partial charge in [-0.25, -0.2) is 0 Å². The van der Waals surface area contributed by atoms with Crippen molar-refractivity contribution >= 4 is 23.2 Å². The molecular formula is C12H11N5O. The molecule has 0 unspecified atom stereocenters. The Bertz CT molecular complexity index is 597. The summed E-state index contributed by atoms with van der Waals surface area (Å²) in [6, 6.07) is 11.4. The topological polar surface area (TPSA) is 93.6 Å². The maximum atomic E-state index is 11.0. The van der Waals surface area contributed by atoms with E-state index in [1.54, 1.807) is 0 Å². The van der Waals surface area contributed by atoms with Gasteiger partial charge in [0.15, 0.2) is 5.82 Å². The van der Waals surface area contributed by atoms with Crippen molar-refractivity contribution in [3.8, 4) is 6.07 Å². The quantitative estimate of drug-likeness (QED) is 0.765. The fraction of sp³-hybridized carbons (Fsp3) is 0.0833. The zero-order valence-corrected chi connectivity index (χ0v) is 9.69. The van der Waals surface area contributed by atoms with Gasteiger partial charge in [0.25, 0.3) is 0 Å². The van der Waals surface area contributed by atoms with Crippen molar-refractivity contribution in [3.63, 3.8) is 0 Å². The third kappa shape index (κ3) is 2.47. The van der Waals surface area contributed by atoms with Gasteiger partial charge in [0, 0.05) is 12.6 Å². The first-order valence-electron chi connectivity index (χ1n) is 5.29. The Morgan fingerprint density at radius 1 is 1.39 bits per heavy atom. The summed E-state index contributed by atoms with van der Waals surface area (Å²) in [6.45, 7) is 1.36. The minimum absolute atomic E-state index is 0.225. The molecule has 0 atom stereocenters.